The Labute approximate surface area is 166 Å². The van der Waals surface area contributed by atoms with Gasteiger partial charge in [-0.25, -0.2) is 0 Å². The van der Waals surface area contributed by atoms with Gasteiger partial charge in [-0.15, -0.1) is 0 Å². The maximum atomic E-state index is 6.07. The van der Waals surface area contributed by atoms with Gasteiger partial charge in [0.2, 0.25) is 0 Å². The first-order valence-corrected chi connectivity index (χ1v) is 9.52. The number of rotatable bonds is 4. The van der Waals surface area contributed by atoms with Crippen LogP contribution in [0.3, 0.4) is 0 Å². The molecule has 0 atom stereocenters. The third-order valence-electron chi connectivity index (χ3n) is 5.21. The third-order valence-corrected chi connectivity index (χ3v) is 5.21. The molecule has 28 heavy (non-hydrogen) atoms. The molecule has 0 aromatic heterocycles. The topological polar surface area (TPSA) is 18.5 Å². The van der Waals surface area contributed by atoms with E-state index in [-0.39, 0.29) is 0 Å². The van der Waals surface area contributed by atoms with Gasteiger partial charge in [0, 0.05) is 0 Å². The fourth-order valence-corrected chi connectivity index (χ4v) is 3.16. The molecule has 140 valence electrons. The van der Waals surface area contributed by atoms with Crippen LogP contribution in [0.25, 0.3) is 10.8 Å². The highest BCUT2D eigenvalue weighted by atomic mass is 16.5. The summed E-state index contributed by atoms with van der Waals surface area (Å²) in [5.41, 5.74) is 4.97. The minimum Gasteiger partial charge on any atom is -0.457 e. The van der Waals surface area contributed by atoms with E-state index in [0.29, 0.717) is 0 Å². The molecule has 4 aromatic carbocycles. The summed E-state index contributed by atoms with van der Waals surface area (Å²) in [6.07, 6.45) is 0. The van der Waals surface area contributed by atoms with Crippen molar-refractivity contribution >= 4 is 10.8 Å². The van der Waals surface area contributed by atoms with Crippen LogP contribution in [0.4, 0.5) is 0 Å². The average Bonchev–Trinajstić information content (AvgIpc) is 2.67. The first-order chi connectivity index (χ1) is 13.5. The number of aryl methyl sites for hydroxylation is 4. The van der Waals surface area contributed by atoms with Crippen molar-refractivity contribution in [2.24, 2.45) is 0 Å². The van der Waals surface area contributed by atoms with Crippen LogP contribution in [0.15, 0.2) is 72.8 Å². The fraction of sp³-hybridized carbons (Fsp3) is 0.154. The van der Waals surface area contributed by atoms with Gasteiger partial charge in [0.15, 0.2) is 0 Å². The van der Waals surface area contributed by atoms with Gasteiger partial charge in [0.05, 0.1) is 0 Å². The molecule has 4 aromatic rings. The van der Waals surface area contributed by atoms with Gasteiger partial charge in [0.1, 0.15) is 23.0 Å². The van der Waals surface area contributed by atoms with Crippen molar-refractivity contribution in [1.29, 1.82) is 0 Å². The molecule has 0 fully saturated rings. The van der Waals surface area contributed by atoms with Gasteiger partial charge in [-0.3, -0.25) is 0 Å². The second kappa shape index (κ2) is 7.40. The fourth-order valence-electron chi connectivity index (χ4n) is 3.16. The molecule has 0 heterocycles. The summed E-state index contributed by atoms with van der Waals surface area (Å²) in [7, 11) is 0. The zero-order valence-corrected chi connectivity index (χ0v) is 16.7. The second-order valence-electron chi connectivity index (χ2n) is 7.37. The van der Waals surface area contributed by atoms with E-state index in [1.807, 2.05) is 24.3 Å². The molecule has 0 bridgehead atoms. The van der Waals surface area contributed by atoms with Gasteiger partial charge in [0.25, 0.3) is 0 Å². The molecule has 0 aliphatic carbocycles. The highest BCUT2D eigenvalue weighted by molar-refractivity contribution is 5.85. The van der Waals surface area contributed by atoms with Crippen LogP contribution in [0, 0.1) is 27.7 Å². The van der Waals surface area contributed by atoms with Crippen LogP contribution in [-0.4, -0.2) is 0 Å². The van der Waals surface area contributed by atoms with E-state index in [1.165, 1.54) is 22.3 Å². The van der Waals surface area contributed by atoms with Crippen molar-refractivity contribution in [3.8, 4) is 23.0 Å². The quantitative estimate of drug-likeness (QED) is 0.368. The van der Waals surface area contributed by atoms with Gasteiger partial charge < -0.3 is 9.47 Å². The van der Waals surface area contributed by atoms with E-state index < -0.39 is 0 Å². The van der Waals surface area contributed by atoms with Crippen LogP contribution < -0.4 is 9.47 Å². The lowest BCUT2D eigenvalue weighted by Crippen LogP contribution is -1.88. The van der Waals surface area contributed by atoms with Crippen molar-refractivity contribution in [2.45, 2.75) is 27.7 Å². The van der Waals surface area contributed by atoms with Crippen molar-refractivity contribution in [2.75, 3.05) is 0 Å². The van der Waals surface area contributed by atoms with E-state index in [4.69, 9.17) is 9.47 Å². The second-order valence-corrected chi connectivity index (χ2v) is 7.37. The summed E-state index contributed by atoms with van der Waals surface area (Å²) in [5.74, 6) is 3.34. The van der Waals surface area contributed by atoms with Crippen molar-refractivity contribution < 1.29 is 9.47 Å². The SMILES string of the molecule is Cc1ccc(Oc2ccc3ccc(Oc4ccc(C)c(C)c4)cc3c2)cc1C. The summed E-state index contributed by atoms with van der Waals surface area (Å²) in [4.78, 5) is 0. The molecule has 0 saturated carbocycles. The molecular weight excluding hydrogens is 344 g/mol. The highest BCUT2D eigenvalue weighted by Gasteiger charge is 2.05. The predicted molar refractivity (Wildman–Crippen MR) is 116 cm³/mol. The molecular formula is C26H24O2. The summed E-state index contributed by atoms with van der Waals surface area (Å²) in [6, 6.07) is 24.6. The summed E-state index contributed by atoms with van der Waals surface area (Å²) in [6.45, 7) is 8.40. The van der Waals surface area contributed by atoms with Crippen molar-refractivity contribution in [1.82, 2.24) is 0 Å². The van der Waals surface area contributed by atoms with Crippen molar-refractivity contribution in [3.05, 3.63) is 95.1 Å². The maximum absolute atomic E-state index is 6.07. The smallest absolute Gasteiger partial charge is 0.128 e. The minimum absolute atomic E-state index is 0.819. The van der Waals surface area contributed by atoms with Crippen molar-refractivity contribution in [3.63, 3.8) is 0 Å². The monoisotopic (exact) mass is 368 g/mol. The van der Waals surface area contributed by atoms with E-state index in [9.17, 15) is 0 Å². The number of fused-ring (bicyclic) bond motifs is 1. The molecule has 0 spiro atoms. The number of ether oxygens (including phenoxy) is 2. The van der Waals surface area contributed by atoms with Gasteiger partial charge in [-0.1, -0.05) is 24.3 Å². The molecule has 0 amide bonds. The van der Waals surface area contributed by atoms with E-state index in [0.717, 1.165) is 33.8 Å². The Balaban J connectivity index is 1.60. The zero-order valence-electron chi connectivity index (χ0n) is 16.7. The van der Waals surface area contributed by atoms with Gasteiger partial charge in [-0.2, -0.15) is 0 Å². The molecule has 0 aliphatic heterocycles. The molecule has 2 nitrogen and oxygen atoms in total. The normalized spacial score (nSPS) is 10.9. The Morgan fingerprint density at radius 1 is 0.393 bits per heavy atom. The lowest BCUT2D eigenvalue weighted by atomic mass is 10.1. The average molecular weight is 368 g/mol. The number of hydrogen-bond donors (Lipinski definition) is 0. The van der Waals surface area contributed by atoms with Crippen LogP contribution in [-0.2, 0) is 0 Å². The largest absolute Gasteiger partial charge is 0.457 e. The molecule has 0 radical (unpaired) electrons. The molecule has 0 aliphatic rings. The van der Waals surface area contributed by atoms with Crippen LogP contribution in [0.2, 0.25) is 0 Å². The lowest BCUT2D eigenvalue weighted by molar-refractivity contribution is 0.481. The molecule has 0 saturated heterocycles. The molecule has 0 unspecified atom stereocenters. The summed E-state index contributed by atoms with van der Waals surface area (Å²) < 4.78 is 12.1. The van der Waals surface area contributed by atoms with Gasteiger partial charge >= 0.3 is 0 Å². The van der Waals surface area contributed by atoms with E-state index >= 15 is 0 Å². The summed E-state index contributed by atoms with van der Waals surface area (Å²) >= 11 is 0. The first-order valence-electron chi connectivity index (χ1n) is 9.52. The Kier molecular flexibility index (Phi) is 4.79. The molecule has 2 heteroatoms. The molecule has 4 rings (SSSR count). The highest BCUT2D eigenvalue weighted by Crippen LogP contribution is 2.31. The summed E-state index contributed by atoms with van der Waals surface area (Å²) in [5, 5.41) is 2.24. The lowest BCUT2D eigenvalue weighted by Gasteiger charge is -2.11. The first kappa shape index (κ1) is 18.1. The zero-order chi connectivity index (χ0) is 19.7. The maximum Gasteiger partial charge on any atom is 0.128 e. The Bertz CT molecular complexity index is 1070. The van der Waals surface area contributed by atoms with Gasteiger partial charge in [-0.05, 0) is 109 Å². The third kappa shape index (κ3) is 3.86. The van der Waals surface area contributed by atoms with E-state index in [1.54, 1.807) is 0 Å². The minimum atomic E-state index is 0.819. The Morgan fingerprint density at radius 3 is 1.21 bits per heavy atom. The number of hydrogen-bond acceptors (Lipinski definition) is 2. The predicted octanol–water partition coefficient (Wildman–Crippen LogP) is 7.66. The number of benzene rings is 4. The van der Waals surface area contributed by atoms with Crippen LogP contribution in [0.5, 0.6) is 23.0 Å². The standard InChI is InChI=1S/C26H24O2/c1-17-5-9-23(13-19(17)3)27-25-11-7-21-8-12-26(16-22(21)15-25)28-24-10-6-18(2)20(4)14-24/h5-16H,1-4H3. The van der Waals surface area contributed by atoms with Crippen LogP contribution in [0.1, 0.15) is 22.3 Å². The Hall–Kier alpha value is -3.26. The van der Waals surface area contributed by atoms with E-state index in [2.05, 4.69) is 76.2 Å². The van der Waals surface area contributed by atoms with Crippen LogP contribution >= 0.6 is 0 Å². The Morgan fingerprint density at radius 2 is 0.786 bits per heavy atom. The molecule has 0 N–H and O–H groups in total.